The Labute approximate surface area is 194 Å². The highest BCUT2D eigenvalue weighted by atomic mass is 16.5. The number of methoxy groups -OCH3 is 2. The maximum absolute atomic E-state index is 12.8. The molecule has 2 aromatic carbocycles. The number of nitrogens with zero attached hydrogens (tertiary/aromatic N) is 3. The third kappa shape index (κ3) is 5.14. The SMILES string of the molecule is COc1cc(C)ccc1CN1CCC(c2ncc(C(=O)Nc3ccccc3OC)c(C)n2)C1. The minimum Gasteiger partial charge on any atom is -0.496 e. The molecule has 1 fully saturated rings. The Kier molecular flexibility index (Phi) is 6.89. The lowest BCUT2D eigenvalue weighted by Gasteiger charge is -2.18. The van der Waals surface area contributed by atoms with Crippen LogP contribution in [-0.2, 0) is 6.54 Å². The topological polar surface area (TPSA) is 76.6 Å². The number of aromatic nitrogens is 2. The highest BCUT2D eigenvalue weighted by Gasteiger charge is 2.27. The van der Waals surface area contributed by atoms with Crippen LogP contribution in [0.5, 0.6) is 11.5 Å². The Morgan fingerprint density at radius 3 is 2.67 bits per heavy atom. The molecule has 4 rings (SSSR count). The van der Waals surface area contributed by atoms with Crippen LogP contribution < -0.4 is 14.8 Å². The fraction of sp³-hybridized carbons (Fsp3) is 0.346. The van der Waals surface area contributed by atoms with Crippen LogP contribution in [0.25, 0.3) is 0 Å². The zero-order valence-corrected chi connectivity index (χ0v) is 19.6. The number of carbonyl (C=O) groups excluding carboxylic acids is 1. The number of carbonyl (C=O) groups is 1. The zero-order valence-electron chi connectivity index (χ0n) is 19.6. The van der Waals surface area contributed by atoms with Crippen molar-refractivity contribution in [2.24, 2.45) is 0 Å². The molecular formula is C26H30N4O3. The second kappa shape index (κ2) is 10.0. The van der Waals surface area contributed by atoms with E-state index in [1.165, 1.54) is 11.1 Å². The lowest BCUT2D eigenvalue weighted by atomic mass is 10.1. The number of likely N-dealkylation sites (tertiary alicyclic amines) is 1. The van der Waals surface area contributed by atoms with Crippen molar-refractivity contribution < 1.29 is 14.3 Å². The standard InChI is InChI=1S/C26H30N4O3/c1-17-9-10-19(24(13-17)33-4)15-30-12-11-20(16-30)25-27-14-21(18(2)28-25)26(31)29-22-7-5-6-8-23(22)32-3/h5-10,13-14,20H,11-12,15-16H2,1-4H3,(H,29,31). The van der Waals surface area contributed by atoms with Crippen LogP contribution in [-0.4, -0.2) is 48.1 Å². The van der Waals surface area contributed by atoms with E-state index in [-0.39, 0.29) is 11.8 Å². The van der Waals surface area contributed by atoms with Crippen molar-refractivity contribution in [3.8, 4) is 11.5 Å². The molecule has 0 saturated carbocycles. The predicted molar refractivity (Wildman–Crippen MR) is 128 cm³/mol. The van der Waals surface area contributed by atoms with Gasteiger partial charge in [-0.05, 0) is 50.6 Å². The smallest absolute Gasteiger partial charge is 0.259 e. The summed E-state index contributed by atoms with van der Waals surface area (Å²) in [5.41, 5.74) is 4.12. The first kappa shape index (κ1) is 22.7. The van der Waals surface area contributed by atoms with E-state index in [4.69, 9.17) is 14.5 Å². The van der Waals surface area contributed by atoms with E-state index in [1.54, 1.807) is 32.5 Å². The van der Waals surface area contributed by atoms with Crippen LogP contribution in [0.2, 0.25) is 0 Å². The molecule has 1 amide bonds. The van der Waals surface area contributed by atoms with E-state index in [0.29, 0.717) is 22.7 Å². The predicted octanol–water partition coefficient (Wildman–Crippen LogP) is 4.35. The maximum Gasteiger partial charge on any atom is 0.259 e. The highest BCUT2D eigenvalue weighted by molar-refractivity contribution is 6.05. The average molecular weight is 447 g/mol. The van der Waals surface area contributed by atoms with Gasteiger partial charge in [-0.25, -0.2) is 9.97 Å². The molecule has 7 heteroatoms. The second-order valence-electron chi connectivity index (χ2n) is 8.42. The average Bonchev–Trinajstić information content (AvgIpc) is 3.29. The number of rotatable bonds is 7. The third-order valence-electron chi connectivity index (χ3n) is 6.07. The summed E-state index contributed by atoms with van der Waals surface area (Å²) in [7, 11) is 3.29. The lowest BCUT2D eigenvalue weighted by Crippen LogP contribution is -2.21. The van der Waals surface area contributed by atoms with Gasteiger partial charge in [0.15, 0.2) is 0 Å². The monoisotopic (exact) mass is 446 g/mol. The minimum absolute atomic E-state index is 0.242. The largest absolute Gasteiger partial charge is 0.496 e. The van der Waals surface area contributed by atoms with Crippen LogP contribution in [0.4, 0.5) is 5.69 Å². The van der Waals surface area contributed by atoms with Gasteiger partial charge in [0.25, 0.3) is 5.91 Å². The third-order valence-corrected chi connectivity index (χ3v) is 6.07. The number of benzene rings is 2. The summed E-state index contributed by atoms with van der Waals surface area (Å²) >= 11 is 0. The molecule has 2 heterocycles. The molecule has 1 aliphatic rings. The Hall–Kier alpha value is -3.45. The summed E-state index contributed by atoms with van der Waals surface area (Å²) < 4.78 is 10.9. The van der Waals surface area contributed by atoms with Gasteiger partial charge in [-0.3, -0.25) is 9.69 Å². The van der Waals surface area contributed by atoms with E-state index in [9.17, 15) is 4.79 Å². The molecule has 1 atom stereocenters. The van der Waals surface area contributed by atoms with E-state index < -0.39 is 0 Å². The van der Waals surface area contributed by atoms with Gasteiger partial charge in [-0.15, -0.1) is 0 Å². The summed E-state index contributed by atoms with van der Waals surface area (Å²) in [5, 5.41) is 2.89. The molecule has 1 N–H and O–H groups in total. The van der Waals surface area contributed by atoms with Gasteiger partial charge in [-0.1, -0.05) is 24.3 Å². The fourth-order valence-corrected chi connectivity index (χ4v) is 4.25. The van der Waals surface area contributed by atoms with Crippen molar-refractivity contribution in [1.29, 1.82) is 0 Å². The number of hydrogen-bond donors (Lipinski definition) is 1. The Balaban J connectivity index is 1.42. The highest BCUT2D eigenvalue weighted by Crippen LogP contribution is 2.29. The molecule has 1 aliphatic heterocycles. The van der Waals surface area contributed by atoms with Crippen LogP contribution in [0, 0.1) is 13.8 Å². The Bertz CT molecular complexity index is 1150. The van der Waals surface area contributed by atoms with Gasteiger partial charge in [0, 0.05) is 30.8 Å². The Morgan fingerprint density at radius 1 is 1.12 bits per heavy atom. The van der Waals surface area contributed by atoms with Crippen molar-refractivity contribution in [2.45, 2.75) is 32.7 Å². The van der Waals surface area contributed by atoms with E-state index >= 15 is 0 Å². The first-order valence-electron chi connectivity index (χ1n) is 11.1. The molecule has 1 saturated heterocycles. The van der Waals surface area contributed by atoms with Crippen molar-refractivity contribution in [3.05, 3.63) is 76.9 Å². The normalized spacial score (nSPS) is 15.9. The molecule has 172 valence electrons. The van der Waals surface area contributed by atoms with Crippen molar-refractivity contribution in [2.75, 3.05) is 32.6 Å². The van der Waals surface area contributed by atoms with Crippen LogP contribution >= 0.6 is 0 Å². The van der Waals surface area contributed by atoms with Crippen molar-refractivity contribution in [3.63, 3.8) is 0 Å². The van der Waals surface area contributed by atoms with Gasteiger partial charge in [0.1, 0.15) is 17.3 Å². The van der Waals surface area contributed by atoms with Crippen molar-refractivity contribution >= 4 is 11.6 Å². The van der Waals surface area contributed by atoms with Crippen LogP contribution in [0.1, 0.15) is 45.3 Å². The number of nitrogens with one attached hydrogen (secondary N) is 1. The fourth-order valence-electron chi connectivity index (χ4n) is 4.25. The first-order chi connectivity index (χ1) is 16.0. The van der Waals surface area contributed by atoms with E-state index in [2.05, 4.69) is 40.3 Å². The molecule has 33 heavy (non-hydrogen) atoms. The van der Waals surface area contributed by atoms with Crippen LogP contribution in [0.15, 0.2) is 48.7 Å². The summed E-state index contributed by atoms with van der Waals surface area (Å²) in [5.74, 6) is 2.32. The molecule has 0 aliphatic carbocycles. The Morgan fingerprint density at radius 2 is 1.91 bits per heavy atom. The molecule has 0 radical (unpaired) electrons. The number of ether oxygens (including phenoxy) is 2. The van der Waals surface area contributed by atoms with Gasteiger partial charge < -0.3 is 14.8 Å². The minimum atomic E-state index is -0.247. The van der Waals surface area contributed by atoms with E-state index in [0.717, 1.165) is 37.6 Å². The van der Waals surface area contributed by atoms with Gasteiger partial charge >= 0.3 is 0 Å². The van der Waals surface area contributed by atoms with Crippen molar-refractivity contribution in [1.82, 2.24) is 14.9 Å². The number of anilines is 1. The summed E-state index contributed by atoms with van der Waals surface area (Å²) in [6.07, 6.45) is 2.62. The molecule has 1 unspecified atom stereocenters. The van der Waals surface area contributed by atoms with Crippen LogP contribution in [0.3, 0.4) is 0 Å². The number of hydrogen-bond acceptors (Lipinski definition) is 6. The molecular weight excluding hydrogens is 416 g/mol. The summed E-state index contributed by atoms with van der Waals surface area (Å²) in [6.45, 7) is 6.60. The molecule has 7 nitrogen and oxygen atoms in total. The lowest BCUT2D eigenvalue weighted by molar-refractivity contribution is 0.102. The van der Waals surface area contributed by atoms with Gasteiger partial charge in [-0.2, -0.15) is 0 Å². The number of aryl methyl sites for hydroxylation is 2. The summed E-state index contributed by atoms with van der Waals surface area (Å²) in [6, 6.07) is 13.6. The van der Waals surface area contributed by atoms with Gasteiger partial charge in [0.2, 0.25) is 0 Å². The molecule has 1 aromatic heterocycles. The quantitative estimate of drug-likeness (QED) is 0.581. The molecule has 3 aromatic rings. The molecule has 0 spiro atoms. The zero-order chi connectivity index (χ0) is 23.4. The molecule has 0 bridgehead atoms. The first-order valence-corrected chi connectivity index (χ1v) is 11.1. The maximum atomic E-state index is 12.8. The number of para-hydroxylation sites is 2. The summed E-state index contributed by atoms with van der Waals surface area (Å²) in [4.78, 5) is 24.5. The van der Waals surface area contributed by atoms with E-state index in [1.807, 2.05) is 19.1 Å². The van der Waals surface area contributed by atoms with Gasteiger partial charge in [0.05, 0.1) is 31.2 Å². The number of amides is 1. The second-order valence-corrected chi connectivity index (χ2v) is 8.42.